The molecule has 10 atom stereocenters. The number of aromatic nitrogens is 2. The van der Waals surface area contributed by atoms with Gasteiger partial charge in [-0.2, -0.15) is 8.61 Å². The third kappa shape index (κ3) is 18.8. The van der Waals surface area contributed by atoms with Crippen molar-refractivity contribution in [2.75, 3.05) is 77.3 Å². The molecule has 2 aromatic heterocycles. The second kappa shape index (κ2) is 33.6. The number of carbonyl (C=O) groups excluding carboxylic acids is 2. The van der Waals surface area contributed by atoms with Gasteiger partial charge >= 0.3 is 11.9 Å². The van der Waals surface area contributed by atoms with Crippen LogP contribution in [0.1, 0.15) is 116 Å². The van der Waals surface area contributed by atoms with E-state index in [9.17, 15) is 36.6 Å². The predicted octanol–water partition coefficient (Wildman–Crippen LogP) is 11.0. The Bertz CT molecular complexity index is 3720. The van der Waals surface area contributed by atoms with Crippen molar-refractivity contribution < 1.29 is 65.1 Å². The van der Waals surface area contributed by atoms with E-state index in [2.05, 4.69) is 15.2 Å². The summed E-state index contributed by atoms with van der Waals surface area (Å²) in [6.45, 7) is 12.3. The van der Waals surface area contributed by atoms with Crippen LogP contribution >= 0.6 is 34.4 Å². The van der Waals surface area contributed by atoms with E-state index in [0.29, 0.717) is 58.2 Å². The average molecular weight is 1420 g/mol. The van der Waals surface area contributed by atoms with Gasteiger partial charge in [0.1, 0.15) is 12.2 Å². The number of sulfonamides is 2. The van der Waals surface area contributed by atoms with Crippen LogP contribution in [0.25, 0.3) is 20.4 Å². The molecule has 0 spiro atoms. The number of carbonyl (C=O) groups is 2. The summed E-state index contributed by atoms with van der Waals surface area (Å²) in [7, 11) is -7.95. The standard InChI is InChI=1S/C40H56N4O7S2.C31H40N2O7S3/c1-27(2)25-44(26-35(45)29(22-28-8-4-3-5-9-28)23-38(46)51-36-17-21-50-39-33(36)16-20-49-39)53(47,48)32-12-13-34-37(24-32)52-40(42-34)41-30-14-18-43(19-15-30)31-10-6-7-11-31;1-20(2)18-33(43(36,37)23-9-10-25-28(17-23)42-31(32-25)41-3)19-26(34)22(15-21-7-5-4-6-8-21)16-29(35)40-27-12-14-39-30-24(27)11-13-38-30/h3-5,8-9,12-13,24,27,29-31,33,35-36,39,45H,6-7,10-11,14-23,25-26H2,1-2H3,(H,41,42);4-10,17,20,22,24,26-27,30,34H,11-16,18-19H2,1-3H3/t29-,33+,35-,36+,39-;22-,24+,26-,27+,30-/m11/s1. The smallest absolute Gasteiger partial charge is 0.306 e. The summed E-state index contributed by atoms with van der Waals surface area (Å²) in [4.78, 5) is 39.1. The molecule has 0 bridgehead atoms. The molecule has 7 heterocycles. The zero-order valence-corrected chi connectivity index (χ0v) is 59.9. The van der Waals surface area contributed by atoms with Crippen LogP contribution in [0.15, 0.2) is 111 Å². The van der Waals surface area contributed by atoms with E-state index >= 15 is 0 Å². The molecule has 5 aliphatic heterocycles. The quantitative estimate of drug-likeness (QED) is 0.0305. The molecule has 524 valence electrons. The minimum absolute atomic E-state index is 0.000831. The first-order valence-corrected chi connectivity index (χ1v) is 40.2. The molecule has 0 unspecified atom stereocenters. The number of thioether (sulfide) groups is 1. The molecule has 1 saturated carbocycles. The highest BCUT2D eigenvalue weighted by molar-refractivity contribution is 8.00. The van der Waals surface area contributed by atoms with Gasteiger partial charge in [-0.15, -0.1) is 11.3 Å². The van der Waals surface area contributed by atoms with Crippen molar-refractivity contribution >= 4 is 92.0 Å². The van der Waals surface area contributed by atoms with Crippen molar-refractivity contribution in [1.29, 1.82) is 0 Å². The number of rotatable bonds is 28. The number of piperidine rings is 1. The number of hydrogen-bond donors (Lipinski definition) is 3. The molecular weight excluding hydrogens is 1320 g/mol. The molecule has 1 aliphatic carbocycles. The maximum absolute atomic E-state index is 14.3. The van der Waals surface area contributed by atoms with E-state index in [0.717, 1.165) is 85.8 Å². The van der Waals surface area contributed by atoms with E-state index in [1.54, 1.807) is 36.4 Å². The van der Waals surface area contributed by atoms with E-state index < -0.39 is 56.0 Å². The van der Waals surface area contributed by atoms with Gasteiger partial charge in [0.2, 0.25) is 20.0 Å². The van der Waals surface area contributed by atoms with Gasteiger partial charge in [0.05, 0.1) is 81.7 Å². The number of aliphatic hydroxyl groups excluding tert-OH is 2. The maximum atomic E-state index is 14.3. The number of hydrogen-bond acceptors (Lipinski definition) is 21. The van der Waals surface area contributed by atoms with Crippen LogP contribution in [0, 0.1) is 35.5 Å². The SMILES string of the molecule is CC(C)CN(C[C@@H](O)[C@@H](CC(=O)O[C@H]1CCO[C@H]2OCC[C@H]21)Cc1ccccc1)S(=O)(=O)c1ccc2nc(NC3CCN(C4CCCC4)CC3)sc2c1.CSc1nc2ccc(S(=O)(=O)N(CC(C)C)C[C@@H](O)[C@@H](CC(=O)O[C@H]3CCO[C@H]4OCC[C@H]43)Cc3ccccc3)cc2s1. The Morgan fingerprint density at radius 3 is 1.51 bits per heavy atom. The fraction of sp³-hybridized carbons (Fsp3) is 0.606. The molecule has 96 heavy (non-hydrogen) atoms. The number of benzene rings is 4. The maximum Gasteiger partial charge on any atom is 0.306 e. The van der Waals surface area contributed by atoms with Gasteiger partial charge in [0.25, 0.3) is 0 Å². The number of nitrogens with zero attached hydrogens (tertiary/aromatic N) is 5. The van der Waals surface area contributed by atoms with Crippen LogP contribution in [-0.4, -0.2) is 183 Å². The Hall–Kier alpha value is -4.71. The first-order valence-electron chi connectivity index (χ1n) is 34.4. The number of aliphatic hydroxyl groups is 2. The molecule has 6 fully saturated rings. The zero-order valence-electron chi connectivity index (χ0n) is 55.9. The highest BCUT2D eigenvalue weighted by atomic mass is 32.2. The molecule has 12 rings (SSSR count). The number of anilines is 1. The normalized spacial score (nSPS) is 23.4. The number of ether oxygens (including phenoxy) is 6. The largest absolute Gasteiger partial charge is 0.462 e. The third-order valence-corrected chi connectivity index (χ3v) is 26.1. The van der Waals surface area contributed by atoms with E-state index in [1.807, 2.05) is 94.6 Å². The minimum atomic E-state index is -4.00. The second-order valence-corrected chi connectivity index (χ2v) is 34.5. The van der Waals surface area contributed by atoms with Gasteiger partial charge < -0.3 is 48.9 Å². The molecule has 6 aliphatic rings. The molecule has 0 amide bonds. The molecule has 3 N–H and O–H groups in total. The Labute approximate surface area is 578 Å². The van der Waals surface area contributed by atoms with Crippen LogP contribution in [0.5, 0.6) is 0 Å². The predicted molar refractivity (Wildman–Crippen MR) is 374 cm³/mol. The fourth-order valence-corrected chi connectivity index (χ4v) is 20.4. The summed E-state index contributed by atoms with van der Waals surface area (Å²) in [6, 6.07) is 30.5. The van der Waals surface area contributed by atoms with Crippen LogP contribution in [0.4, 0.5) is 5.13 Å². The Morgan fingerprint density at radius 1 is 0.604 bits per heavy atom. The van der Waals surface area contributed by atoms with Crippen molar-refractivity contribution in [3.8, 4) is 0 Å². The Morgan fingerprint density at radius 2 is 1.05 bits per heavy atom. The number of likely N-dealkylation sites (tertiary alicyclic amines) is 1. The monoisotopic (exact) mass is 1420 g/mol. The average Bonchev–Trinajstić information content (AvgIpc) is 1.32. The second-order valence-electron chi connectivity index (χ2n) is 27.5. The van der Waals surface area contributed by atoms with E-state index in [-0.39, 0.29) is 97.3 Å². The molecule has 4 aromatic carbocycles. The Balaban J connectivity index is 0.000000200. The fourth-order valence-electron chi connectivity index (χ4n) is 14.4. The van der Waals surface area contributed by atoms with Crippen molar-refractivity contribution in [3.05, 3.63) is 108 Å². The lowest BCUT2D eigenvalue weighted by atomic mass is 9.90. The summed E-state index contributed by atoms with van der Waals surface area (Å²) in [5.74, 6) is -1.89. The van der Waals surface area contributed by atoms with Gasteiger partial charge in [-0.3, -0.25) is 9.59 Å². The highest BCUT2D eigenvalue weighted by Crippen LogP contribution is 2.38. The lowest BCUT2D eigenvalue weighted by Gasteiger charge is -2.36. The third-order valence-electron chi connectivity index (χ3n) is 19.5. The zero-order chi connectivity index (χ0) is 67.5. The lowest BCUT2D eigenvalue weighted by Crippen LogP contribution is -2.43. The molecule has 0 radical (unpaired) electrons. The molecular formula is C71H96N6O14S5. The molecule has 6 aromatic rings. The number of fused-ring (bicyclic) bond motifs is 4. The van der Waals surface area contributed by atoms with Crippen molar-refractivity contribution in [1.82, 2.24) is 23.5 Å². The van der Waals surface area contributed by atoms with Gasteiger partial charge in [-0.1, -0.05) is 124 Å². The van der Waals surface area contributed by atoms with Gasteiger partial charge in [-0.05, 0) is 117 Å². The van der Waals surface area contributed by atoms with Crippen LogP contribution in [-0.2, 0) is 70.9 Å². The molecule has 5 saturated heterocycles. The topological polar surface area (TPSA) is 246 Å². The van der Waals surface area contributed by atoms with Crippen molar-refractivity contribution in [2.24, 2.45) is 35.5 Å². The van der Waals surface area contributed by atoms with E-state index in [4.69, 9.17) is 33.4 Å². The van der Waals surface area contributed by atoms with Gasteiger partial charge in [-0.25, -0.2) is 26.8 Å². The summed E-state index contributed by atoms with van der Waals surface area (Å²) in [5, 5.41) is 27.9. The first kappa shape index (κ1) is 72.5. The summed E-state index contributed by atoms with van der Waals surface area (Å²) >= 11 is 4.46. The summed E-state index contributed by atoms with van der Waals surface area (Å²) < 4.78 is 96.4. The summed E-state index contributed by atoms with van der Waals surface area (Å²) in [5.41, 5.74) is 3.42. The van der Waals surface area contributed by atoms with Gasteiger partial charge in [0.15, 0.2) is 22.1 Å². The van der Waals surface area contributed by atoms with Crippen LogP contribution in [0.3, 0.4) is 0 Å². The van der Waals surface area contributed by atoms with Crippen molar-refractivity contribution in [3.63, 3.8) is 0 Å². The van der Waals surface area contributed by atoms with Gasteiger partial charge in [0, 0.05) is 87.9 Å². The first-order chi connectivity index (χ1) is 46.3. The Kier molecular flexibility index (Phi) is 25.4. The highest BCUT2D eigenvalue weighted by Gasteiger charge is 2.44. The van der Waals surface area contributed by atoms with Crippen LogP contribution < -0.4 is 5.32 Å². The number of thiazole rings is 2. The van der Waals surface area contributed by atoms with E-state index in [1.165, 1.54) is 68.7 Å². The van der Waals surface area contributed by atoms with Crippen LogP contribution in [0.2, 0.25) is 0 Å². The number of esters is 2. The lowest BCUT2D eigenvalue weighted by molar-refractivity contribution is -0.196. The number of nitrogens with one attached hydrogen (secondary N) is 1. The summed E-state index contributed by atoms with van der Waals surface area (Å²) in [6.07, 6.45) is 9.40. The molecule has 25 heteroatoms. The van der Waals surface area contributed by atoms with Crippen molar-refractivity contribution in [2.45, 2.75) is 181 Å². The minimum Gasteiger partial charge on any atom is -0.462 e. The molecule has 20 nitrogen and oxygen atoms in total.